The molecular formula is C31H39N5O3. The minimum absolute atomic E-state index is 0.0905. The molecule has 0 radical (unpaired) electrons. The van der Waals surface area contributed by atoms with E-state index in [9.17, 15) is 4.79 Å². The van der Waals surface area contributed by atoms with Gasteiger partial charge in [0, 0.05) is 37.3 Å². The summed E-state index contributed by atoms with van der Waals surface area (Å²) in [6, 6.07) is 15.7. The first-order valence-electron chi connectivity index (χ1n) is 14.0. The van der Waals surface area contributed by atoms with Gasteiger partial charge in [0.2, 0.25) is 5.95 Å². The van der Waals surface area contributed by atoms with Crippen LogP contribution in [0.5, 0.6) is 11.5 Å². The smallest absolute Gasteiger partial charge is 0.251 e. The molecule has 3 aromatic rings. The van der Waals surface area contributed by atoms with Crippen molar-refractivity contribution >= 4 is 17.7 Å². The number of carbonyl (C=O) groups is 1. The van der Waals surface area contributed by atoms with Gasteiger partial charge in [-0.05, 0) is 75.1 Å². The topological polar surface area (TPSA) is 88.6 Å². The Hall–Kier alpha value is -3.81. The minimum Gasteiger partial charge on any atom is -0.493 e. The molecule has 0 aliphatic heterocycles. The number of nitrogens with one attached hydrogen (secondary N) is 2. The van der Waals surface area contributed by atoms with Gasteiger partial charge in [-0.25, -0.2) is 4.98 Å². The summed E-state index contributed by atoms with van der Waals surface area (Å²) in [6.45, 7) is 0.406. The van der Waals surface area contributed by atoms with Crippen molar-refractivity contribution in [2.24, 2.45) is 0 Å². The Labute approximate surface area is 231 Å². The number of hydrogen-bond acceptors (Lipinski definition) is 7. The van der Waals surface area contributed by atoms with Crippen molar-refractivity contribution in [3.8, 4) is 11.5 Å². The van der Waals surface area contributed by atoms with Crippen LogP contribution in [0.2, 0.25) is 0 Å². The lowest BCUT2D eigenvalue weighted by atomic mass is 9.91. The van der Waals surface area contributed by atoms with Gasteiger partial charge in [0.05, 0.1) is 12.8 Å². The molecule has 0 spiro atoms. The number of rotatable bonds is 9. The Balaban J connectivity index is 1.16. The molecular weight excluding hydrogens is 490 g/mol. The third-order valence-corrected chi connectivity index (χ3v) is 7.64. The molecule has 2 N–H and O–H groups in total. The largest absolute Gasteiger partial charge is 0.493 e. The molecule has 2 aliphatic carbocycles. The highest BCUT2D eigenvalue weighted by atomic mass is 16.5. The Bertz CT molecular complexity index is 1270. The van der Waals surface area contributed by atoms with E-state index < -0.39 is 0 Å². The van der Waals surface area contributed by atoms with Crippen LogP contribution in [0, 0.1) is 0 Å². The SMILES string of the molecule is COc1ccc(C(=O)N[C@H]2CC[C@@H](Nc3nc4c(c(N(C)C)n3)CCCC4)CC2)cc1OCc1ccccc1. The van der Waals surface area contributed by atoms with Crippen molar-refractivity contribution in [3.05, 3.63) is 70.9 Å². The second-order valence-electron chi connectivity index (χ2n) is 10.7. The summed E-state index contributed by atoms with van der Waals surface area (Å²) in [5, 5.41) is 6.81. The monoisotopic (exact) mass is 529 g/mol. The lowest BCUT2D eigenvalue weighted by Crippen LogP contribution is -2.40. The normalized spacial score (nSPS) is 18.5. The molecule has 0 atom stereocenters. The molecule has 5 rings (SSSR count). The summed E-state index contributed by atoms with van der Waals surface area (Å²) in [6.07, 6.45) is 8.20. The first-order valence-corrected chi connectivity index (χ1v) is 14.0. The van der Waals surface area contributed by atoms with E-state index in [4.69, 9.17) is 19.4 Å². The molecule has 0 bridgehead atoms. The highest BCUT2D eigenvalue weighted by Crippen LogP contribution is 2.31. The van der Waals surface area contributed by atoms with E-state index in [0.717, 1.165) is 55.9 Å². The van der Waals surface area contributed by atoms with Gasteiger partial charge in [0.1, 0.15) is 12.4 Å². The Kier molecular flexibility index (Phi) is 8.49. The first kappa shape index (κ1) is 26.8. The van der Waals surface area contributed by atoms with Crippen molar-refractivity contribution in [1.29, 1.82) is 0 Å². The lowest BCUT2D eigenvalue weighted by molar-refractivity contribution is 0.0926. The summed E-state index contributed by atoms with van der Waals surface area (Å²) in [7, 11) is 5.71. The van der Waals surface area contributed by atoms with Crippen LogP contribution < -0.4 is 25.0 Å². The maximum atomic E-state index is 13.1. The van der Waals surface area contributed by atoms with Gasteiger partial charge in [-0.3, -0.25) is 4.79 Å². The van der Waals surface area contributed by atoms with Crippen LogP contribution >= 0.6 is 0 Å². The predicted octanol–water partition coefficient (Wildman–Crippen LogP) is 5.16. The average molecular weight is 530 g/mol. The van der Waals surface area contributed by atoms with E-state index in [-0.39, 0.29) is 11.9 Å². The van der Waals surface area contributed by atoms with E-state index >= 15 is 0 Å². The van der Waals surface area contributed by atoms with Crippen LogP contribution in [0.3, 0.4) is 0 Å². The molecule has 1 aromatic heterocycles. The van der Waals surface area contributed by atoms with Crippen molar-refractivity contribution in [1.82, 2.24) is 15.3 Å². The van der Waals surface area contributed by atoms with Crippen LogP contribution in [0.25, 0.3) is 0 Å². The lowest BCUT2D eigenvalue weighted by Gasteiger charge is -2.30. The van der Waals surface area contributed by atoms with Crippen molar-refractivity contribution in [2.75, 3.05) is 31.4 Å². The molecule has 8 nitrogen and oxygen atoms in total. The molecule has 0 saturated heterocycles. The molecule has 8 heteroatoms. The zero-order valence-electron chi connectivity index (χ0n) is 23.2. The summed E-state index contributed by atoms with van der Waals surface area (Å²) < 4.78 is 11.4. The van der Waals surface area contributed by atoms with Crippen molar-refractivity contribution in [2.45, 2.75) is 70.1 Å². The average Bonchev–Trinajstić information content (AvgIpc) is 2.97. The second-order valence-corrected chi connectivity index (χ2v) is 10.7. The van der Waals surface area contributed by atoms with Crippen LogP contribution in [-0.2, 0) is 19.4 Å². The third-order valence-electron chi connectivity index (χ3n) is 7.64. The summed E-state index contributed by atoms with van der Waals surface area (Å²) >= 11 is 0. The van der Waals surface area contributed by atoms with Crippen LogP contribution in [0.4, 0.5) is 11.8 Å². The van der Waals surface area contributed by atoms with Gasteiger partial charge in [-0.2, -0.15) is 4.98 Å². The number of fused-ring (bicyclic) bond motifs is 1. The fraction of sp³-hybridized carbons (Fsp3) is 0.452. The standard InChI is InChI=1S/C31H39N5O3/c1-36(2)29-25-11-7-8-12-26(25)34-31(35-29)33-24-16-14-23(15-17-24)32-30(37)22-13-18-27(38-3)28(19-22)39-20-21-9-5-4-6-10-21/h4-6,9-10,13,18-19,23-24H,7-8,11-12,14-17,20H2,1-3H3,(H,32,37)(H,33,34,35)/t23-,24+. The third kappa shape index (κ3) is 6.61. The molecule has 39 heavy (non-hydrogen) atoms. The van der Waals surface area contributed by atoms with Gasteiger partial charge < -0.3 is 25.0 Å². The van der Waals surface area contributed by atoms with Gasteiger partial charge in [-0.1, -0.05) is 30.3 Å². The number of aromatic nitrogens is 2. The number of aryl methyl sites for hydroxylation is 1. The van der Waals surface area contributed by atoms with E-state index in [1.165, 1.54) is 24.1 Å². The Morgan fingerprint density at radius 2 is 1.69 bits per heavy atom. The number of nitrogens with zero attached hydrogens (tertiary/aromatic N) is 3. The molecule has 206 valence electrons. The highest BCUT2D eigenvalue weighted by molar-refractivity contribution is 5.95. The van der Waals surface area contributed by atoms with E-state index in [1.807, 2.05) is 30.3 Å². The van der Waals surface area contributed by atoms with E-state index in [1.54, 1.807) is 25.3 Å². The molecule has 1 heterocycles. The zero-order chi connectivity index (χ0) is 27.2. The van der Waals surface area contributed by atoms with E-state index in [2.05, 4.69) is 29.6 Å². The highest BCUT2D eigenvalue weighted by Gasteiger charge is 2.25. The van der Waals surface area contributed by atoms with Crippen LogP contribution in [-0.4, -0.2) is 49.2 Å². The summed E-state index contributed by atoms with van der Waals surface area (Å²) in [5.41, 5.74) is 4.11. The number of hydrogen-bond donors (Lipinski definition) is 2. The van der Waals surface area contributed by atoms with Gasteiger partial charge in [0.25, 0.3) is 5.91 Å². The number of anilines is 2. The quantitative estimate of drug-likeness (QED) is 0.396. The van der Waals surface area contributed by atoms with Gasteiger partial charge in [0.15, 0.2) is 11.5 Å². The van der Waals surface area contributed by atoms with Crippen LogP contribution in [0.1, 0.15) is 65.7 Å². The number of amides is 1. The molecule has 1 amide bonds. The van der Waals surface area contributed by atoms with Crippen molar-refractivity contribution in [3.63, 3.8) is 0 Å². The molecule has 1 fully saturated rings. The van der Waals surface area contributed by atoms with Crippen molar-refractivity contribution < 1.29 is 14.3 Å². The number of benzene rings is 2. The fourth-order valence-electron chi connectivity index (χ4n) is 5.51. The van der Waals surface area contributed by atoms with Gasteiger partial charge >= 0.3 is 0 Å². The molecule has 0 unspecified atom stereocenters. The minimum atomic E-state index is -0.0905. The maximum Gasteiger partial charge on any atom is 0.251 e. The Morgan fingerprint density at radius 1 is 0.949 bits per heavy atom. The second kappa shape index (κ2) is 12.4. The number of carbonyl (C=O) groups excluding carboxylic acids is 1. The number of ether oxygens (including phenoxy) is 2. The fourth-order valence-corrected chi connectivity index (χ4v) is 5.51. The molecule has 1 saturated carbocycles. The van der Waals surface area contributed by atoms with Gasteiger partial charge in [-0.15, -0.1) is 0 Å². The molecule has 2 aromatic carbocycles. The van der Waals surface area contributed by atoms with E-state index in [0.29, 0.717) is 29.7 Å². The zero-order valence-corrected chi connectivity index (χ0v) is 23.2. The molecule has 2 aliphatic rings. The first-order chi connectivity index (χ1) is 19.0. The predicted molar refractivity (Wildman–Crippen MR) is 154 cm³/mol. The summed E-state index contributed by atoms with van der Waals surface area (Å²) in [4.78, 5) is 24.9. The Morgan fingerprint density at radius 3 is 2.44 bits per heavy atom. The summed E-state index contributed by atoms with van der Waals surface area (Å²) in [5.74, 6) is 2.84. The number of methoxy groups -OCH3 is 1. The maximum absolute atomic E-state index is 13.1. The van der Waals surface area contributed by atoms with Crippen LogP contribution in [0.15, 0.2) is 48.5 Å².